The predicted octanol–water partition coefficient (Wildman–Crippen LogP) is 7.56. The van der Waals surface area contributed by atoms with E-state index in [2.05, 4.69) is 17.1 Å². The van der Waals surface area contributed by atoms with E-state index in [4.69, 9.17) is 4.52 Å². The van der Waals surface area contributed by atoms with E-state index in [0.29, 0.717) is 17.8 Å². The molecule has 0 saturated heterocycles. The minimum atomic E-state index is -1.52. The second-order valence-electron chi connectivity index (χ2n) is 9.94. The molecule has 206 valence electrons. The van der Waals surface area contributed by atoms with Crippen LogP contribution in [0, 0.1) is 0 Å². The Morgan fingerprint density at radius 1 is 0.923 bits per heavy atom. The van der Waals surface area contributed by atoms with Gasteiger partial charge in [-0.1, -0.05) is 112 Å². The molecule has 7 nitrogen and oxygen atoms in total. The summed E-state index contributed by atoms with van der Waals surface area (Å²) >= 11 is 1.57. The van der Waals surface area contributed by atoms with Crippen LogP contribution in [0.1, 0.15) is 93.6 Å². The van der Waals surface area contributed by atoms with Gasteiger partial charge in [0.05, 0.1) is 0 Å². The lowest BCUT2D eigenvalue weighted by atomic mass is 10.0. The Hall–Kier alpha value is -3.52. The molecule has 1 N–H and O–H groups in total. The van der Waals surface area contributed by atoms with Gasteiger partial charge in [-0.05, 0) is 34.4 Å². The number of carboxylic acids is 1. The van der Waals surface area contributed by atoms with E-state index in [1.807, 2.05) is 60.0 Å². The summed E-state index contributed by atoms with van der Waals surface area (Å²) in [6.07, 6.45) is 11.7. The Balaban J connectivity index is 1.50. The van der Waals surface area contributed by atoms with E-state index in [-0.39, 0.29) is 12.4 Å². The number of unbranched alkanes of at least 4 members (excludes halogenated alkanes) is 8. The highest BCUT2D eigenvalue weighted by Crippen LogP contribution is 2.33. The quantitative estimate of drug-likeness (QED) is 0.122. The number of hydrogen-bond acceptors (Lipinski definition) is 6. The summed E-state index contributed by atoms with van der Waals surface area (Å²) in [6, 6.07) is 16.4. The van der Waals surface area contributed by atoms with Gasteiger partial charge < -0.3 is 14.5 Å². The minimum absolute atomic E-state index is 0.102. The van der Waals surface area contributed by atoms with Crippen LogP contribution in [0.15, 0.2) is 64.5 Å². The Bertz CT molecular complexity index is 1330. The van der Waals surface area contributed by atoms with Gasteiger partial charge in [-0.3, -0.25) is 4.79 Å². The molecule has 0 aliphatic rings. The van der Waals surface area contributed by atoms with Crippen molar-refractivity contribution in [2.45, 2.75) is 83.7 Å². The number of thiophene rings is 1. The Morgan fingerprint density at radius 2 is 1.59 bits per heavy atom. The van der Waals surface area contributed by atoms with Crippen molar-refractivity contribution in [1.82, 2.24) is 15.0 Å². The highest BCUT2D eigenvalue weighted by atomic mass is 32.1. The molecule has 0 aliphatic heterocycles. The van der Waals surface area contributed by atoms with Crippen molar-refractivity contribution in [2.75, 3.05) is 0 Å². The maximum atomic E-state index is 13.1. The molecule has 2 aromatic carbocycles. The van der Waals surface area contributed by atoms with Crippen molar-refractivity contribution in [2.24, 2.45) is 0 Å². The number of carbonyl (C=O) groups excluding carboxylic acids is 1. The average Bonchev–Trinajstić information content (AvgIpc) is 3.59. The molecule has 0 saturated carbocycles. The molecule has 39 heavy (non-hydrogen) atoms. The number of aromatic nitrogens is 2. The molecular formula is C31H37N3O4S. The zero-order valence-electron chi connectivity index (χ0n) is 22.6. The summed E-state index contributed by atoms with van der Waals surface area (Å²) in [6.45, 7) is 2.34. The van der Waals surface area contributed by atoms with Crippen LogP contribution in [-0.2, 0) is 22.6 Å². The molecule has 2 heterocycles. The molecule has 0 radical (unpaired) electrons. The fraction of sp³-hybridized carbons (Fsp3) is 0.419. The second-order valence-corrected chi connectivity index (χ2v) is 10.8. The van der Waals surface area contributed by atoms with Gasteiger partial charge in [0.2, 0.25) is 0 Å². The second kappa shape index (κ2) is 14.6. The number of carbonyl (C=O) groups is 2. The van der Waals surface area contributed by atoms with E-state index >= 15 is 0 Å². The van der Waals surface area contributed by atoms with Gasteiger partial charge in [0, 0.05) is 17.7 Å². The van der Waals surface area contributed by atoms with Gasteiger partial charge in [0.25, 0.3) is 5.89 Å². The van der Waals surface area contributed by atoms with E-state index < -0.39 is 17.9 Å². The first kappa shape index (κ1) is 28.5. The van der Waals surface area contributed by atoms with E-state index in [0.717, 1.165) is 28.5 Å². The molecule has 0 bridgehead atoms. The highest BCUT2D eigenvalue weighted by Gasteiger charge is 2.35. The molecule has 2 aromatic heterocycles. The van der Waals surface area contributed by atoms with Crippen LogP contribution in [0.2, 0.25) is 0 Å². The third kappa shape index (κ3) is 7.76. The molecule has 1 unspecified atom stereocenters. The lowest BCUT2D eigenvalue weighted by Gasteiger charge is -2.28. The number of fused-ring (bicyclic) bond motifs is 1. The van der Waals surface area contributed by atoms with Crippen LogP contribution < -0.4 is 0 Å². The van der Waals surface area contributed by atoms with Gasteiger partial charge in [-0.2, -0.15) is 4.98 Å². The zero-order chi connectivity index (χ0) is 27.5. The number of nitrogens with zero attached hydrogens (tertiary/aromatic N) is 3. The summed E-state index contributed by atoms with van der Waals surface area (Å²) in [4.78, 5) is 31.0. The summed E-state index contributed by atoms with van der Waals surface area (Å²) in [5, 5.41) is 16.9. The molecule has 1 amide bonds. The maximum absolute atomic E-state index is 13.1. The first-order chi connectivity index (χ1) is 19.1. The van der Waals surface area contributed by atoms with Gasteiger partial charge in [0.1, 0.15) is 6.04 Å². The van der Waals surface area contributed by atoms with Crippen LogP contribution in [0.3, 0.4) is 0 Å². The molecule has 1 atom stereocenters. The standard InChI is InChI=1S/C31H37N3O4S/c1-2-3-4-5-6-7-8-9-13-20-27-32-29(38-33-27)28(23-16-11-10-12-17-23)34(30(35)31(36)37)21-24-22-39-26-19-15-14-18-25(24)26/h10-12,14-19,22,28H,2-9,13,20-21H2,1H3,(H,36,37). The van der Waals surface area contributed by atoms with Crippen LogP contribution in [-0.4, -0.2) is 32.0 Å². The van der Waals surface area contributed by atoms with Gasteiger partial charge in [-0.15, -0.1) is 11.3 Å². The third-order valence-electron chi connectivity index (χ3n) is 6.99. The lowest BCUT2D eigenvalue weighted by molar-refractivity contribution is -0.157. The van der Waals surface area contributed by atoms with Crippen molar-refractivity contribution in [1.29, 1.82) is 0 Å². The van der Waals surface area contributed by atoms with Crippen molar-refractivity contribution in [3.63, 3.8) is 0 Å². The monoisotopic (exact) mass is 547 g/mol. The molecule has 0 spiro atoms. The van der Waals surface area contributed by atoms with Crippen molar-refractivity contribution in [3.05, 3.63) is 82.8 Å². The largest absolute Gasteiger partial charge is 0.474 e. The van der Waals surface area contributed by atoms with Crippen LogP contribution in [0.4, 0.5) is 0 Å². The number of benzene rings is 2. The van der Waals surface area contributed by atoms with Crippen molar-refractivity contribution >= 4 is 33.3 Å². The topological polar surface area (TPSA) is 96.5 Å². The van der Waals surface area contributed by atoms with Crippen LogP contribution in [0.25, 0.3) is 10.1 Å². The summed E-state index contributed by atoms with van der Waals surface area (Å²) in [5.74, 6) is -1.73. The van der Waals surface area contributed by atoms with Gasteiger partial charge in [-0.25, -0.2) is 4.79 Å². The Morgan fingerprint density at radius 3 is 2.31 bits per heavy atom. The molecule has 4 rings (SSSR count). The van der Waals surface area contributed by atoms with Gasteiger partial charge >= 0.3 is 11.9 Å². The molecule has 4 aromatic rings. The molecular weight excluding hydrogens is 510 g/mol. The van der Waals surface area contributed by atoms with Crippen molar-refractivity contribution in [3.8, 4) is 0 Å². The number of amides is 1. The minimum Gasteiger partial charge on any atom is -0.474 e. The number of aryl methyl sites for hydroxylation is 1. The SMILES string of the molecule is CCCCCCCCCCCc1noc(C(c2ccccc2)N(Cc2csc3ccccc23)C(=O)C(=O)O)n1. The molecule has 0 fully saturated rings. The predicted molar refractivity (Wildman–Crippen MR) is 154 cm³/mol. The smallest absolute Gasteiger partial charge is 0.394 e. The fourth-order valence-corrected chi connectivity index (χ4v) is 5.86. The fourth-order valence-electron chi connectivity index (χ4n) is 4.91. The number of hydrogen-bond donors (Lipinski definition) is 1. The number of rotatable bonds is 15. The van der Waals surface area contributed by atoms with Crippen LogP contribution >= 0.6 is 11.3 Å². The molecule has 0 aliphatic carbocycles. The molecule has 8 heteroatoms. The van der Waals surface area contributed by atoms with E-state index in [1.165, 1.54) is 49.8 Å². The lowest BCUT2D eigenvalue weighted by Crippen LogP contribution is -2.39. The van der Waals surface area contributed by atoms with Crippen molar-refractivity contribution < 1.29 is 19.2 Å². The van der Waals surface area contributed by atoms with E-state index in [1.54, 1.807) is 11.3 Å². The first-order valence-electron chi connectivity index (χ1n) is 13.9. The third-order valence-corrected chi connectivity index (χ3v) is 8.01. The summed E-state index contributed by atoms with van der Waals surface area (Å²) in [5.41, 5.74) is 1.59. The van der Waals surface area contributed by atoms with Crippen LogP contribution in [0.5, 0.6) is 0 Å². The Kier molecular flexibility index (Phi) is 10.7. The number of carboxylic acid groups (broad SMARTS) is 1. The summed E-state index contributed by atoms with van der Waals surface area (Å²) < 4.78 is 6.76. The van der Waals surface area contributed by atoms with Gasteiger partial charge in [0.15, 0.2) is 5.82 Å². The average molecular weight is 548 g/mol. The number of aliphatic carboxylic acids is 1. The normalized spacial score (nSPS) is 12.0. The zero-order valence-corrected chi connectivity index (χ0v) is 23.4. The summed E-state index contributed by atoms with van der Waals surface area (Å²) in [7, 11) is 0. The maximum Gasteiger partial charge on any atom is 0.394 e. The highest BCUT2D eigenvalue weighted by molar-refractivity contribution is 7.17. The van der Waals surface area contributed by atoms with E-state index in [9.17, 15) is 14.7 Å². The first-order valence-corrected chi connectivity index (χ1v) is 14.8. The Labute approximate surface area is 233 Å².